The summed E-state index contributed by atoms with van der Waals surface area (Å²) in [5.41, 5.74) is 2.24. The number of carbonyl (C=O) groups excluding carboxylic acids is 1. The van der Waals surface area contributed by atoms with E-state index in [9.17, 15) is 9.18 Å². The fourth-order valence-corrected chi connectivity index (χ4v) is 3.80. The lowest BCUT2D eigenvalue weighted by Crippen LogP contribution is -2.26. The van der Waals surface area contributed by atoms with Crippen LogP contribution in [-0.2, 0) is 17.8 Å². The van der Waals surface area contributed by atoms with Crippen molar-refractivity contribution < 1.29 is 9.18 Å². The van der Waals surface area contributed by atoms with Gasteiger partial charge in [-0.15, -0.1) is 0 Å². The summed E-state index contributed by atoms with van der Waals surface area (Å²) in [6.45, 7) is 3.41. The molecule has 2 heterocycles. The first-order valence-electron chi connectivity index (χ1n) is 7.72. The molecule has 4 rings (SSSR count). The van der Waals surface area contributed by atoms with Crippen LogP contribution in [0, 0.1) is 17.2 Å². The smallest absolute Gasteiger partial charge is 0.228 e. The van der Waals surface area contributed by atoms with Crippen LogP contribution in [0.4, 0.5) is 10.1 Å². The minimum absolute atomic E-state index is 0.0218. The quantitative estimate of drug-likeness (QED) is 0.771. The molecule has 1 saturated carbocycles. The zero-order chi connectivity index (χ0) is 14.4. The molecule has 1 aromatic rings. The Balaban J connectivity index is 1.51. The highest BCUT2D eigenvalue weighted by molar-refractivity contribution is 5.95. The van der Waals surface area contributed by atoms with Gasteiger partial charge in [0.05, 0.1) is 5.69 Å². The Morgan fingerprint density at radius 2 is 2.24 bits per heavy atom. The number of carbonyl (C=O) groups is 1. The lowest BCUT2D eigenvalue weighted by Gasteiger charge is -2.19. The first-order valence-corrected chi connectivity index (χ1v) is 7.72. The second-order valence-corrected chi connectivity index (χ2v) is 6.53. The predicted molar refractivity (Wildman–Crippen MR) is 78.5 cm³/mol. The molecule has 2 unspecified atom stereocenters. The summed E-state index contributed by atoms with van der Waals surface area (Å²) < 4.78 is 14.5. The molecule has 1 aliphatic carbocycles. The Labute approximate surface area is 123 Å². The molecule has 2 aliphatic heterocycles. The van der Waals surface area contributed by atoms with Crippen molar-refractivity contribution in [2.24, 2.45) is 11.3 Å². The van der Waals surface area contributed by atoms with E-state index >= 15 is 0 Å². The van der Waals surface area contributed by atoms with Gasteiger partial charge in [-0.1, -0.05) is 6.07 Å². The minimum atomic E-state index is -0.249. The zero-order valence-corrected chi connectivity index (χ0v) is 12.0. The van der Waals surface area contributed by atoms with Crippen LogP contribution >= 0.6 is 0 Å². The molecule has 1 saturated heterocycles. The molecule has 5 heteroatoms. The maximum Gasteiger partial charge on any atom is 0.228 e. The molecule has 3 aliphatic rings. The summed E-state index contributed by atoms with van der Waals surface area (Å²) in [5.74, 6) is -0.224. The molecular formula is C16H20FN3O. The average Bonchev–Trinajstić information content (AvgIpc) is 3.00. The van der Waals surface area contributed by atoms with E-state index < -0.39 is 0 Å². The van der Waals surface area contributed by atoms with Crippen molar-refractivity contribution in [2.45, 2.75) is 25.8 Å². The van der Waals surface area contributed by atoms with Gasteiger partial charge in [0.25, 0.3) is 0 Å². The number of amides is 1. The molecule has 0 bridgehead atoms. The summed E-state index contributed by atoms with van der Waals surface area (Å²) in [7, 11) is 0. The van der Waals surface area contributed by atoms with Crippen molar-refractivity contribution in [3.63, 3.8) is 0 Å². The van der Waals surface area contributed by atoms with E-state index in [1.165, 1.54) is 0 Å². The largest absolute Gasteiger partial charge is 0.323 e. The first kappa shape index (κ1) is 13.2. The van der Waals surface area contributed by atoms with Crippen LogP contribution in [-0.4, -0.2) is 25.5 Å². The van der Waals surface area contributed by atoms with Crippen molar-refractivity contribution in [1.29, 1.82) is 0 Å². The fraction of sp³-hybridized carbons (Fsp3) is 0.562. The van der Waals surface area contributed by atoms with Gasteiger partial charge in [0, 0.05) is 19.0 Å². The number of nitrogens with one attached hydrogen (secondary N) is 3. The van der Waals surface area contributed by atoms with E-state index in [1.54, 1.807) is 6.07 Å². The summed E-state index contributed by atoms with van der Waals surface area (Å²) in [4.78, 5) is 12.3. The fourth-order valence-electron chi connectivity index (χ4n) is 3.80. The van der Waals surface area contributed by atoms with Crippen molar-refractivity contribution in [1.82, 2.24) is 10.6 Å². The topological polar surface area (TPSA) is 53.2 Å². The van der Waals surface area contributed by atoms with Crippen LogP contribution in [0.5, 0.6) is 0 Å². The molecule has 2 atom stereocenters. The van der Waals surface area contributed by atoms with E-state index in [4.69, 9.17) is 0 Å². The molecule has 4 nitrogen and oxygen atoms in total. The number of rotatable bonds is 2. The maximum atomic E-state index is 14.5. The Morgan fingerprint density at radius 3 is 3.05 bits per heavy atom. The van der Waals surface area contributed by atoms with Crippen LogP contribution in [0.15, 0.2) is 12.1 Å². The van der Waals surface area contributed by atoms with Crippen LogP contribution in [0.2, 0.25) is 0 Å². The third-order valence-corrected chi connectivity index (χ3v) is 5.25. The third-order valence-electron chi connectivity index (χ3n) is 5.25. The summed E-state index contributed by atoms with van der Waals surface area (Å²) in [5, 5.41) is 9.35. The Bertz CT molecular complexity index is 595. The monoisotopic (exact) mass is 289 g/mol. The van der Waals surface area contributed by atoms with Gasteiger partial charge in [0.2, 0.25) is 5.91 Å². The Morgan fingerprint density at radius 1 is 1.33 bits per heavy atom. The molecule has 1 spiro atoms. The van der Waals surface area contributed by atoms with Gasteiger partial charge in [-0.3, -0.25) is 4.79 Å². The van der Waals surface area contributed by atoms with E-state index in [2.05, 4.69) is 16.0 Å². The molecular weight excluding hydrogens is 269 g/mol. The summed E-state index contributed by atoms with van der Waals surface area (Å²) in [6, 6.07) is 3.61. The number of benzene rings is 1. The number of anilines is 1. The SMILES string of the molecule is O=C(Nc1ccc2c(c1F)CCNC2)C1CC12CCNC2. The Hall–Kier alpha value is -1.46. The van der Waals surface area contributed by atoms with Gasteiger partial charge in [-0.2, -0.15) is 0 Å². The van der Waals surface area contributed by atoms with Crippen LogP contribution in [0.3, 0.4) is 0 Å². The predicted octanol–water partition coefficient (Wildman–Crippen LogP) is 1.41. The minimum Gasteiger partial charge on any atom is -0.323 e. The number of fused-ring (bicyclic) bond motifs is 1. The molecule has 112 valence electrons. The summed E-state index contributed by atoms with van der Waals surface area (Å²) in [6.07, 6.45) is 2.67. The number of halogens is 1. The highest BCUT2D eigenvalue weighted by atomic mass is 19.1. The first-order chi connectivity index (χ1) is 10.2. The maximum absolute atomic E-state index is 14.5. The zero-order valence-electron chi connectivity index (χ0n) is 12.0. The van der Waals surface area contributed by atoms with Gasteiger partial charge < -0.3 is 16.0 Å². The van der Waals surface area contributed by atoms with Gasteiger partial charge >= 0.3 is 0 Å². The molecule has 21 heavy (non-hydrogen) atoms. The molecule has 0 radical (unpaired) electrons. The molecule has 2 fully saturated rings. The highest BCUT2D eigenvalue weighted by Crippen LogP contribution is 2.56. The van der Waals surface area contributed by atoms with Gasteiger partial charge in [-0.05, 0) is 55.0 Å². The van der Waals surface area contributed by atoms with Crippen molar-refractivity contribution in [2.75, 3.05) is 25.0 Å². The van der Waals surface area contributed by atoms with Crippen LogP contribution in [0.25, 0.3) is 0 Å². The van der Waals surface area contributed by atoms with Gasteiger partial charge in [0.1, 0.15) is 5.82 Å². The second kappa shape index (κ2) is 4.78. The van der Waals surface area contributed by atoms with Gasteiger partial charge in [0.15, 0.2) is 0 Å². The summed E-state index contributed by atoms with van der Waals surface area (Å²) >= 11 is 0. The number of hydrogen-bond donors (Lipinski definition) is 3. The van der Waals surface area contributed by atoms with E-state index in [0.29, 0.717) is 18.7 Å². The standard InChI is InChI=1S/C16H20FN3O/c17-14-11-3-5-18-8-10(11)1-2-13(14)20-15(21)12-7-16(12)4-6-19-9-16/h1-2,12,18-19H,3-9H2,(H,20,21). The van der Waals surface area contributed by atoms with Crippen molar-refractivity contribution in [3.8, 4) is 0 Å². The lowest BCUT2D eigenvalue weighted by atomic mass is 9.99. The van der Waals surface area contributed by atoms with Crippen LogP contribution < -0.4 is 16.0 Å². The lowest BCUT2D eigenvalue weighted by molar-refractivity contribution is -0.118. The molecule has 0 aromatic heterocycles. The number of hydrogen-bond acceptors (Lipinski definition) is 3. The molecule has 1 amide bonds. The second-order valence-electron chi connectivity index (χ2n) is 6.53. The van der Waals surface area contributed by atoms with Crippen molar-refractivity contribution >= 4 is 11.6 Å². The molecule has 1 aromatic carbocycles. The van der Waals surface area contributed by atoms with E-state index in [1.807, 2.05) is 6.07 Å². The Kier molecular flexibility index (Phi) is 3.01. The average molecular weight is 289 g/mol. The van der Waals surface area contributed by atoms with E-state index in [0.717, 1.165) is 43.6 Å². The normalized spacial score (nSPS) is 30.2. The highest BCUT2D eigenvalue weighted by Gasteiger charge is 2.59. The van der Waals surface area contributed by atoms with E-state index in [-0.39, 0.29) is 23.1 Å². The molecule has 3 N–H and O–H groups in total. The third kappa shape index (κ3) is 2.15. The van der Waals surface area contributed by atoms with Crippen molar-refractivity contribution in [3.05, 3.63) is 29.1 Å². The van der Waals surface area contributed by atoms with Gasteiger partial charge in [-0.25, -0.2) is 4.39 Å². The van der Waals surface area contributed by atoms with Crippen LogP contribution in [0.1, 0.15) is 24.0 Å².